The Morgan fingerprint density at radius 1 is 0.903 bits per heavy atom. The van der Waals surface area contributed by atoms with Crippen LogP contribution >= 0.6 is 0 Å². The van der Waals surface area contributed by atoms with E-state index in [-0.39, 0.29) is 5.91 Å². The maximum absolute atomic E-state index is 12.3. The number of benzene rings is 2. The van der Waals surface area contributed by atoms with E-state index in [9.17, 15) is 4.79 Å². The van der Waals surface area contributed by atoms with Gasteiger partial charge in [0.05, 0.1) is 6.42 Å². The molecule has 1 fully saturated rings. The van der Waals surface area contributed by atoms with Gasteiger partial charge in [-0.2, -0.15) is 4.98 Å². The molecule has 160 valence electrons. The first-order valence-electron chi connectivity index (χ1n) is 10.9. The lowest BCUT2D eigenvalue weighted by atomic mass is 10.1. The highest BCUT2D eigenvalue weighted by Gasteiger charge is 2.14. The van der Waals surface area contributed by atoms with Crippen LogP contribution in [0.2, 0.25) is 0 Å². The average Bonchev–Trinajstić information content (AvgIpc) is 2.77. The minimum absolute atomic E-state index is 0.0299. The van der Waals surface area contributed by atoms with Gasteiger partial charge in [-0.1, -0.05) is 29.8 Å². The molecule has 1 aromatic heterocycles. The summed E-state index contributed by atoms with van der Waals surface area (Å²) >= 11 is 0. The fourth-order valence-corrected chi connectivity index (χ4v) is 3.76. The summed E-state index contributed by atoms with van der Waals surface area (Å²) in [4.78, 5) is 23.9. The molecule has 31 heavy (non-hydrogen) atoms. The Morgan fingerprint density at radius 3 is 2.29 bits per heavy atom. The second-order valence-electron chi connectivity index (χ2n) is 8.15. The van der Waals surface area contributed by atoms with E-state index in [2.05, 4.69) is 20.5 Å². The molecule has 0 bridgehead atoms. The van der Waals surface area contributed by atoms with E-state index >= 15 is 0 Å². The molecule has 3 aromatic rings. The zero-order valence-corrected chi connectivity index (χ0v) is 18.2. The number of aryl methyl sites for hydroxylation is 2. The lowest BCUT2D eigenvalue weighted by molar-refractivity contribution is -0.115. The van der Waals surface area contributed by atoms with Crippen LogP contribution in [0.15, 0.2) is 54.6 Å². The van der Waals surface area contributed by atoms with Crippen LogP contribution in [0.5, 0.6) is 0 Å². The number of piperidine rings is 1. The van der Waals surface area contributed by atoms with Crippen LogP contribution in [-0.2, 0) is 11.2 Å². The van der Waals surface area contributed by atoms with Gasteiger partial charge in [0.1, 0.15) is 5.82 Å². The number of hydrogen-bond acceptors (Lipinski definition) is 5. The van der Waals surface area contributed by atoms with Crippen molar-refractivity contribution in [1.82, 2.24) is 9.97 Å². The van der Waals surface area contributed by atoms with Gasteiger partial charge in [-0.25, -0.2) is 4.98 Å². The van der Waals surface area contributed by atoms with Gasteiger partial charge in [-0.05, 0) is 62.9 Å². The molecule has 4 rings (SSSR count). The van der Waals surface area contributed by atoms with Crippen LogP contribution in [0.1, 0.15) is 36.1 Å². The molecule has 2 aromatic carbocycles. The Hall–Kier alpha value is -3.41. The lowest BCUT2D eigenvalue weighted by Crippen LogP contribution is -2.30. The van der Waals surface area contributed by atoms with Gasteiger partial charge in [0, 0.05) is 36.2 Å². The third-order valence-corrected chi connectivity index (χ3v) is 5.43. The van der Waals surface area contributed by atoms with Gasteiger partial charge in [0.25, 0.3) is 0 Å². The number of hydrogen-bond donors (Lipinski definition) is 2. The van der Waals surface area contributed by atoms with Crippen molar-refractivity contribution >= 4 is 29.0 Å². The van der Waals surface area contributed by atoms with Gasteiger partial charge in [-0.3, -0.25) is 4.79 Å². The van der Waals surface area contributed by atoms with Crippen molar-refractivity contribution in [3.05, 3.63) is 71.4 Å². The number of nitrogens with one attached hydrogen (secondary N) is 2. The summed E-state index contributed by atoms with van der Waals surface area (Å²) in [6.07, 6.45) is 4.07. The number of nitrogens with zero attached hydrogens (tertiary/aromatic N) is 3. The quantitative estimate of drug-likeness (QED) is 0.592. The first-order chi connectivity index (χ1) is 15.0. The summed E-state index contributed by atoms with van der Waals surface area (Å²) < 4.78 is 0. The fourth-order valence-electron chi connectivity index (χ4n) is 3.76. The predicted octanol–water partition coefficient (Wildman–Crippen LogP) is 5.01. The fraction of sp³-hybridized carbons (Fsp3) is 0.320. The van der Waals surface area contributed by atoms with E-state index < -0.39 is 0 Å². The second-order valence-corrected chi connectivity index (χ2v) is 8.15. The van der Waals surface area contributed by atoms with E-state index in [1.807, 2.05) is 68.4 Å². The number of aromatic nitrogens is 2. The van der Waals surface area contributed by atoms with E-state index in [0.29, 0.717) is 12.4 Å². The van der Waals surface area contributed by atoms with Gasteiger partial charge in [-0.15, -0.1) is 0 Å². The van der Waals surface area contributed by atoms with Gasteiger partial charge in [0.15, 0.2) is 0 Å². The number of carbonyl (C=O) groups excluding carboxylic acids is 1. The van der Waals surface area contributed by atoms with E-state index in [1.165, 1.54) is 24.8 Å². The highest BCUT2D eigenvalue weighted by molar-refractivity contribution is 5.92. The summed E-state index contributed by atoms with van der Waals surface area (Å²) in [6.45, 7) is 6.13. The SMILES string of the molecule is Cc1ccc(CC(=O)Nc2ccc(Nc3nc(C)cc(N4CCCCC4)n3)cc2)cc1. The molecule has 1 aliphatic rings. The minimum Gasteiger partial charge on any atom is -0.356 e. The molecule has 2 heterocycles. The molecule has 0 aliphatic carbocycles. The Morgan fingerprint density at radius 2 is 1.58 bits per heavy atom. The van der Waals surface area contributed by atoms with Crippen molar-refractivity contribution in [2.24, 2.45) is 0 Å². The zero-order chi connectivity index (χ0) is 21.6. The number of anilines is 4. The summed E-state index contributed by atoms with van der Waals surface area (Å²) in [6, 6.07) is 17.7. The van der Waals surface area contributed by atoms with Gasteiger partial charge in [0.2, 0.25) is 11.9 Å². The van der Waals surface area contributed by atoms with Crippen LogP contribution in [-0.4, -0.2) is 29.0 Å². The minimum atomic E-state index is -0.0299. The molecule has 0 unspecified atom stereocenters. The Kier molecular flexibility index (Phi) is 6.46. The van der Waals surface area contributed by atoms with Crippen molar-refractivity contribution in [2.75, 3.05) is 28.6 Å². The normalized spacial score (nSPS) is 13.7. The molecule has 1 aliphatic heterocycles. The van der Waals surface area contributed by atoms with Crippen molar-refractivity contribution in [3.8, 4) is 0 Å². The van der Waals surface area contributed by atoms with Crippen LogP contribution in [0, 0.1) is 13.8 Å². The molecule has 2 N–H and O–H groups in total. The molecule has 0 saturated carbocycles. The molecule has 1 saturated heterocycles. The molecule has 6 nitrogen and oxygen atoms in total. The van der Waals surface area contributed by atoms with Crippen LogP contribution in [0.3, 0.4) is 0 Å². The van der Waals surface area contributed by atoms with Crippen LogP contribution in [0.4, 0.5) is 23.1 Å². The highest BCUT2D eigenvalue weighted by atomic mass is 16.1. The molecule has 0 radical (unpaired) electrons. The topological polar surface area (TPSA) is 70.2 Å². The largest absolute Gasteiger partial charge is 0.356 e. The molecule has 1 amide bonds. The Bertz CT molecular complexity index is 1020. The standard InChI is InChI=1S/C25H29N5O/c1-18-6-8-20(9-7-18)17-24(31)27-21-10-12-22(13-11-21)28-25-26-19(2)16-23(29-25)30-14-4-3-5-15-30/h6-13,16H,3-5,14-15,17H2,1-2H3,(H,27,31)(H,26,28,29). The van der Waals surface area contributed by atoms with Crippen molar-refractivity contribution < 1.29 is 4.79 Å². The molecule has 6 heteroatoms. The number of amides is 1. The van der Waals surface area contributed by atoms with E-state index in [4.69, 9.17) is 4.98 Å². The van der Waals surface area contributed by atoms with Crippen LogP contribution < -0.4 is 15.5 Å². The highest BCUT2D eigenvalue weighted by Crippen LogP contribution is 2.22. The van der Waals surface area contributed by atoms with Crippen molar-refractivity contribution in [3.63, 3.8) is 0 Å². The summed E-state index contributed by atoms with van der Waals surface area (Å²) in [7, 11) is 0. The Balaban J connectivity index is 1.37. The van der Waals surface area contributed by atoms with Crippen molar-refractivity contribution in [2.45, 2.75) is 39.5 Å². The summed E-state index contributed by atoms with van der Waals surface area (Å²) in [5.74, 6) is 1.55. The third kappa shape index (κ3) is 5.81. The maximum atomic E-state index is 12.3. The summed E-state index contributed by atoms with van der Waals surface area (Å²) in [5.41, 5.74) is 4.78. The van der Waals surface area contributed by atoms with Crippen molar-refractivity contribution in [1.29, 1.82) is 0 Å². The zero-order valence-electron chi connectivity index (χ0n) is 18.2. The third-order valence-electron chi connectivity index (χ3n) is 5.43. The molecular weight excluding hydrogens is 386 g/mol. The number of carbonyl (C=O) groups is 1. The van der Waals surface area contributed by atoms with E-state index in [0.717, 1.165) is 41.5 Å². The number of rotatable bonds is 6. The average molecular weight is 416 g/mol. The monoisotopic (exact) mass is 415 g/mol. The maximum Gasteiger partial charge on any atom is 0.229 e. The lowest BCUT2D eigenvalue weighted by Gasteiger charge is -2.28. The van der Waals surface area contributed by atoms with Gasteiger partial charge < -0.3 is 15.5 Å². The molecular formula is C25H29N5O. The first kappa shape index (κ1) is 20.8. The molecule has 0 atom stereocenters. The molecule has 0 spiro atoms. The Labute approximate surface area is 183 Å². The summed E-state index contributed by atoms with van der Waals surface area (Å²) in [5, 5.41) is 6.24. The van der Waals surface area contributed by atoms with Crippen LogP contribution in [0.25, 0.3) is 0 Å². The second kappa shape index (κ2) is 9.60. The van der Waals surface area contributed by atoms with Gasteiger partial charge >= 0.3 is 0 Å². The predicted molar refractivity (Wildman–Crippen MR) is 126 cm³/mol. The smallest absolute Gasteiger partial charge is 0.229 e. The first-order valence-corrected chi connectivity index (χ1v) is 10.9. The van der Waals surface area contributed by atoms with E-state index in [1.54, 1.807) is 0 Å².